The van der Waals surface area contributed by atoms with E-state index in [1.165, 1.54) is 0 Å². The van der Waals surface area contributed by atoms with Crippen LogP contribution in [0.25, 0.3) is 10.9 Å². The van der Waals surface area contributed by atoms with Crippen LogP contribution in [0.5, 0.6) is 0 Å². The van der Waals surface area contributed by atoms with Gasteiger partial charge in [0.05, 0.1) is 4.92 Å². The summed E-state index contributed by atoms with van der Waals surface area (Å²) >= 11 is 0. The number of hydrogen-bond acceptors (Lipinski definition) is 4. The minimum absolute atomic E-state index is 0.0681. The second kappa shape index (κ2) is 6.43. The summed E-state index contributed by atoms with van der Waals surface area (Å²) in [6, 6.07) is 7.44. The van der Waals surface area contributed by atoms with Gasteiger partial charge in [0.15, 0.2) is 0 Å². The van der Waals surface area contributed by atoms with Crippen LogP contribution in [-0.4, -0.2) is 22.5 Å². The van der Waals surface area contributed by atoms with Crippen LogP contribution >= 0.6 is 0 Å². The van der Waals surface area contributed by atoms with Crippen molar-refractivity contribution < 1.29 is 4.92 Å². The Labute approximate surface area is 118 Å². The molecule has 0 fully saturated rings. The van der Waals surface area contributed by atoms with E-state index in [9.17, 15) is 10.1 Å². The first-order valence-corrected chi connectivity index (χ1v) is 6.88. The summed E-state index contributed by atoms with van der Waals surface area (Å²) < 4.78 is 0. The number of non-ortho nitro benzene ring substituents is 1. The third-order valence-corrected chi connectivity index (χ3v) is 3.30. The number of aromatic nitrogens is 1. The van der Waals surface area contributed by atoms with Crippen molar-refractivity contribution >= 4 is 16.6 Å². The van der Waals surface area contributed by atoms with Gasteiger partial charge in [-0.2, -0.15) is 0 Å². The molecule has 20 heavy (non-hydrogen) atoms. The molecule has 106 valence electrons. The Kier molecular flexibility index (Phi) is 4.63. The normalized spacial score (nSPS) is 12.5. The Hall–Kier alpha value is -2.01. The lowest BCUT2D eigenvalue weighted by atomic mass is 10.0. The minimum Gasteiger partial charge on any atom is -0.314 e. The molecule has 0 aliphatic rings. The molecule has 1 unspecified atom stereocenters. The van der Waals surface area contributed by atoms with Crippen molar-refractivity contribution in [2.45, 2.75) is 32.7 Å². The molecule has 0 saturated heterocycles. The number of rotatable bonds is 6. The maximum Gasteiger partial charge on any atom is 0.295 e. The van der Waals surface area contributed by atoms with Gasteiger partial charge in [0.25, 0.3) is 5.69 Å². The average molecular weight is 273 g/mol. The zero-order chi connectivity index (χ0) is 14.5. The summed E-state index contributed by atoms with van der Waals surface area (Å²) in [6.45, 7) is 5.23. The first-order valence-electron chi connectivity index (χ1n) is 6.88. The van der Waals surface area contributed by atoms with E-state index in [-0.39, 0.29) is 10.6 Å². The third-order valence-electron chi connectivity index (χ3n) is 3.30. The first kappa shape index (κ1) is 14.4. The highest BCUT2D eigenvalue weighted by atomic mass is 16.6. The molecule has 1 aromatic carbocycles. The summed E-state index contributed by atoms with van der Waals surface area (Å²) in [7, 11) is 0. The molecule has 2 aromatic rings. The van der Waals surface area contributed by atoms with E-state index in [1.807, 2.05) is 18.2 Å². The summed E-state index contributed by atoms with van der Waals surface area (Å²) in [6.07, 6.45) is 3.52. The van der Waals surface area contributed by atoms with E-state index in [0.717, 1.165) is 30.3 Å². The van der Waals surface area contributed by atoms with Crippen molar-refractivity contribution in [3.63, 3.8) is 0 Å². The Bertz CT molecular complexity index is 613. The van der Waals surface area contributed by atoms with E-state index >= 15 is 0 Å². The van der Waals surface area contributed by atoms with Crippen LogP contribution in [0, 0.1) is 10.1 Å². The van der Waals surface area contributed by atoms with Gasteiger partial charge in [-0.05, 0) is 37.9 Å². The molecule has 1 atom stereocenters. The Balaban J connectivity index is 2.35. The quantitative estimate of drug-likeness (QED) is 0.648. The van der Waals surface area contributed by atoms with Crippen LogP contribution in [0.15, 0.2) is 30.5 Å². The van der Waals surface area contributed by atoms with E-state index in [0.29, 0.717) is 11.6 Å². The smallest absolute Gasteiger partial charge is 0.295 e. The summed E-state index contributed by atoms with van der Waals surface area (Å²) in [5.74, 6) is 0. The summed E-state index contributed by atoms with van der Waals surface area (Å²) in [5, 5.41) is 15.3. The molecule has 5 nitrogen and oxygen atoms in total. The highest BCUT2D eigenvalue weighted by Crippen LogP contribution is 2.27. The standard InChI is InChI=1S/C15H19N3O2/c1-3-8-16-11(2)10-12-6-7-14(18(19)20)15-13(12)5-4-9-17-15/h4-7,9,11,16H,3,8,10H2,1-2H3. The topological polar surface area (TPSA) is 68.1 Å². The minimum atomic E-state index is -0.377. The van der Waals surface area contributed by atoms with Gasteiger partial charge in [-0.1, -0.05) is 19.1 Å². The highest BCUT2D eigenvalue weighted by Gasteiger charge is 2.16. The van der Waals surface area contributed by atoms with E-state index in [4.69, 9.17) is 0 Å². The maximum atomic E-state index is 11.0. The van der Waals surface area contributed by atoms with Crippen molar-refractivity contribution in [3.8, 4) is 0 Å². The number of benzene rings is 1. The first-order chi connectivity index (χ1) is 9.63. The van der Waals surface area contributed by atoms with Crippen molar-refractivity contribution in [1.82, 2.24) is 10.3 Å². The van der Waals surface area contributed by atoms with Crippen LogP contribution < -0.4 is 5.32 Å². The molecule has 1 heterocycles. The van der Waals surface area contributed by atoms with Gasteiger partial charge in [0.2, 0.25) is 0 Å². The SMILES string of the molecule is CCCNC(C)Cc1ccc([N+](=O)[O-])c2ncccc12. The van der Waals surface area contributed by atoms with Gasteiger partial charge in [-0.3, -0.25) is 10.1 Å². The van der Waals surface area contributed by atoms with Gasteiger partial charge < -0.3 is 5.32 Å². The van der Waals surface area contributed by atoms with E-state index < -0.39 is 0 Å². The number of hydrogen-bond donors (Lipinski definition) is 1. The number of nitro groups is 1. The molecule has 1 aromatic heterocycles. The summed E-state index contributed by atoms with van der Waals surface area (Å²) in [5.41, 5.74) is 1.63. The predicted molar refractivity (Wildman–Crippen MR) is 79.9 cm³/mol. The fourth-order valence-corrected chi connectivity index (χ4v) is 2.33. The average Bonchev–Trinajstić information content (AvgIpc) is 2.45. The fraction of sp³-hybridized carbons (Fsp3) is 0.400. The molecular formula is C15H19N3O2. The molecular weight excluding hydrogens is 254 g/mol. The highest BCUT2D eigenvalue weighted by molar-refractivity contribution is 5.89. The molecule has 0 aliphatic heterocycles. The second-order valence-corrected chi connectivity index (χ2v) is 4.96. The van der Waals surface area contributed by atoms with Gasteiger partial charge in [-0.15, -0.1) is 0 Å². The Morgan fingerprint density at radius 2 is 2.20 bits per heavy atom. The molecule has 1 N–H and O–H groups in total. The number of pyridine rings is 1. The lowest BCUT2D eigenvalue weighted by molar-refractivity contribution is -0.383. The number of nitrogens with one attached hydrogen (secondary N) is 1. The van der Waals surface area contributed by atoms with Crippen LogP contribution in [0.2, 0.25) is 0 Å². The van der Waals surface area contributed by atoms with Crippen LogP contribution in [0.4, 0.5) is 5.69 Å². The molecule has 0 bridgehead atoms. The molecule has 0 saturated carbocycles. The summed E-state index contributed by atoms with van der Waals surface area (Å²) in [4.78, 5) is 14.8. The second-order valence-electron chi connectivity index (χ2n) is 4.96. The zero-order valence-electron chi connectivity index (χ0n) is 11.8. The van der Waals surface area contributed by atoms with E-state index in [2.05, 4.69) is 24.1 Å². The lowest BCUT2D eigenvalue weighted by Crippen LogP contribution is -2.28. The zero-order valence-corrected chi connectivity index (χ0v) is 11.8. The van der Waals surface area contributed by atoms with Crippen LogP contribution in [0.1, 0.15) is 25.8 Å². The number of nitrogens with zero attached hydrogens (tertiary/aromatic N) is 2. The fourth-order valence-electron chi connectivity index (χ4n) is 2.33. The third kappa shape index (κ3) is 3.11. The van der Waals surface area contributed by atoms with Gasteiger partial charge in [0.1, 0.15) is 5.52 Å². The Morgan fingerprint density at radius 1 is 1.40 bits per heavy atom. The van der Waals surface area contributed by atoms with Crippen molar-refractivity contribution in [3.05, 3.63) is 46.1 Å². The Morgan fingerprint density at radius 3 is 2.90 bits per heavy atom. The van der Waals surface area contributed by atoms with Crippen molar-refractivity contribution in [2.75, 3.05) is 6.54 Å². The largest absolute Gasteiger partial charge is 0.314 e. The van der Waals surface area contributed by atoms with Crippen molar-refractivity contribution in [1.29, 1.82) is 0 Å². The predicted octanol–water partition coefficient (Wildman–Crippen LogP) is 3.07. The van der Waals surface area contributed by atoms with E-state index in [1.54, 1.807) is 12.3 Å². The molecule has 0 aliphatic carbocycles. The van der Waals surface area contributed by atoms with Crippen molar-refractivity contribution in [2.24, 2.45) is 0 Å². The van der Waals surface area contributed by atoms with Gasteiger partial charge in [-0.25, -0.2) is 4.98 Å². The molecule has 5 heteroatoms. The molecule has 2 rings (SSSR count). The number of fused-ring (bicyclic) bond motifs is 1. The maximum absolute atomic E-state index is 11.0. The monoisotopic (exact) mass is 273 g/mol. The van der Waals surface area contributed by atoms with Crippen LogP contribution in [0.3, 0.4) is 0 Å². The molecule has 0 spiro atoms. The van der Waals surface area contributed by atoms with Gasteiger partial charge in [0, 0.05) is 23.7 Å². The van der Waals surface area contributed by atoms with Crippen LogP contribution in [-0.2, 0) is 6.42 Å². The number of nitro benzene ring substituents is 1. The molecule has 0 radical (unpaired) electrons. The lowest BCUT2D eigenvalue weighted by Gasteiger charge is -2.14. The molecule has 0 amide bonds. The van der Waals surface area contributed by atoms with Gasteiger partial charge >= 0.3 is 0 Å².